The van der Waals surface area contributed by atoms with Crippen LogP contribution in [-0.4, -0.2) is 68.7 Å². The second-order valence-electron chi connectivity index (χ2n) is 6.74. The van der Waals surface area contributed by atoms with Crippen molar-refractivity contribution in [2.24, 2.45) is 0 Å². The Kier molecular flexibility index (Phi) is 7.21. The summed E-state index contributed by atoms with van der Waals surface area (Å²) in [4.78, 5) is 16.9. The highest BCUT2D eigenvalue weighted by atomic mass is 16.5. The van der Waals surface area contributed by atoms with E-state index >= 15 is 0 Å². The maximum Gasteiger partial charge on any atom is 0.234 e. The number of nitrogens with zero attached hydrogens (tertiary/aromatic N) is 2. The first kappa shape index (κ1) is 18.9. The summed E-state index contributed by atoms with van der Waals surface area (Å²) in [6, 6.07) is 6.42. The molecule has 0 unspecified atom stereocenters. The van der Waals surface area contributed by atoms with E-state index in [1.165, 1.54) is 11.1 Å². The molecule has 1 fully saturated rings. The van der Waals surface area contributed by atoms with Gasteiger partial charge in [0.1, 0.15) is 0 Å². The number of hydrogen-bond donors (Lipinski definition) is 1. The van der Waals surface area contributed by atoms with Gasteiger partial charge in [0.05, 0.1) is 19.2 Å². The predicted octanol–water partition coefficient (Wildman–Crippen LogP) is 1.74. The summed E-state index contributed by atoms with van der Waals surface area (Å²) in [7, 11) is 1.73. The van der Waals surface area contributed by atoms with Crippen molar-refractivity contribution >= 4 is 5.91 Å². The van der Waals surface area contributed by atoms with E-state index in [1.54, 1.807) is 7.11 Å². The van der Waals surface area contributed by atoms with Crippen molar-refractivity contribution in [3.8, 4) is 0 Å². The largest absolute Gasteiger partial charge is 0.383 e. The van der Waals surface area contributed by atoms with Crippen LogP contribution in [0.3, 0.4) is 0 Å². The molecule has 1 atom stereocenters. The zero-order chi connectivity index (χ0) is 17.5. The second kappa shape index (κ2) is 9.16. The zero-order valence-electron chi connectivity index (χ0n) is 15.5. The lowest BCUT2D eigenvalue weighted by molar-refractivity contribution is -0.123. The quantitative estimate of drug-likeness (QED) is 0.826. The molecule has 1 heterocycles. The Bertz CT molecular complexity index is 539. The van der Waals surface area contributed by atoms with Crippen LogP contribution in [0.4, 0.5) is 0 Å². The van der Waals surface area contributed by atoms with Gasteiger partial charge in [-0.15, -0.1) is 0 Å². The zero-order valence-corrected chi connectivity index (χ0v) is 15.5. The van der Waals surface area contributed by atoms with Gasteiger partial charge in [-0.25, -0.2) is 0 Å². The van der Waals surface area contributed by atoms with E-state index in [-0.39, 0.29) is 11.9 Å². The Morgan fingerprint density at radius 1 is 1.17 bits per heavy atom. The topological polar surface area (TPSA) is 44.8 Å². The number of carbonyl (C=O) groups is 1. The van der Waals surface area contributed by atoms with Gasteiger partial charge in [0.25, 0.3) is 0 Å². The van der Waals surface area contributed by atoms with Gasteiger partial charge < -0.3 is 10.1 Å². The lowest BCUT2D eigenvalue weighted by atomic mass is 10.0. The summed E-state index contributed by atoms with van der Waals surface area (Å²) < 4.78 is 5.12. The van der Waals surface area contributed by atoms with Gasteiger partial charge in [0.2, 0.25) is 5.91 Å². The third-order valence-corrected chi connectivity index (χ3v) is 4.85. The minimum absolute atomic E-state index is 0.0415. The SMILES string of the molecule is COCCN1CCN(CC(=O)N[C@H](C)c2ccc(C)c(C)c2)CC1. The van der Waals surface area contributed by atoms with Crippen LogP contribution in [0, 0.1) is 13.8 Å². The normalized spacial score (nSPS) is 17.7. The van der Waals surface area contributed by atoms with E-state index in [0.29, 0.717) is 6.54 Å². The first-order chi connectivity index (χ1) is 11.5. The fraction of sp³-hybridized carbons (Fsp3) is 0.632. The summed E-state index contributed by atoms with van der Waals surface area (Å²) in [6.07, 6.45) is 0. The van der Waals surface area contributed by atoms with E-state index in [4.69, 9.17) is 4.74 Å². The Morgan fingerprint density at radius 3 is 2.46 bits per heavy atom. The van der Waals surface area contributed by atoms with Gasteiger partial charge in [-0.1, -0.05) is 18.2 Å². The van der Waals surface area contributed by atoms with E-state index in [9.17, 15) is 4.79 Å². The van der Waals surface area contributed by atoms with Gasteiger partial charge in [-0.05, 0) is 37.5 Å². The smallest absolute Gasteiger partial charge is 0.234 e. The van der Waals surface area contributed by atoms with Gasteiger partial charge in [-0.3, -0.25) is 14.6 Å². The molecule has 1 amide bonds. The van der Waals surface area contributed by atoms with Crippen LogP contribution in [-0.2, 0) is 9.53 Å². The van der Waals surface area contributed by atoms with E-state index < -0.39 is 0 Å². The Balaban J connectivity index is 1.76. The molecule has 0 bridgehead atoms. The number of carbonyl (C=O) groups excluding carboxylic acids is 1. The Labute approximate surface area is 146 Å². The molecule has 1 aromatic rings. The number of aryl methyl sites for hydroxylation is 2. The van der Waals surface area contributed by atoms with Gasteiger partial charge in [0, 0.05) is 39.8 Å². The van der Waals surface area contributed by atoms with Crippen molar-refractivity contribution in [3.63, 3.8) is 0 Å². The maximum absolute atomic E-state index is 12.3. The number of nitrogens with one attached hydrogen (secondary N) is 1. The Hall–Kier alpha value is -1.43. The molecule has 1 aliphatic heterocycles. The van der Waals surface area contributed by atoms with E-state index in [1.807, 2.05) is 6.92 Å². The highest BCUT2D eigenvalue weighted by Crippen LogP contribution is 2.16. The number of benzene rings is 1. The highest BCUT2D eigenvalue weighted by molar-refractivity contribution is 5.78. The number of ether oxygens (including phenoxy) is 1. The molecule has 0 aliphatic carbocycles. The molecule has 1 aliphatic rings. The number of piperazine rings is 1. The van der Waals surface area contributed by atoms with Gasteiger partial charge in [-0.2, -0.15) is 0 Å². The fourth-order valence-corrected chi connectivity index (χ4v) is 3.00. The van der Waals surface area contributed by atoms with Crippen molar-refractivity contribution in [1.29, 1.82) is 0 Å². The minimum Gasteiger partial charge on any atom is -0.383 e. The number of rotatable bonds is 7. The summed E-state index contributed by atoms with van der Waals surface area (Å²) in [5.74, 6) is 0.103. The molecular formula is C19H31N3O2. The molecule has 134 valence electrons. The summed E-state index contributed by atoms with van der Waals surface area (Å²) in [5, 5.41) is 3.12. The monoisotopic (exact) mass is 333 g/mol. The highest BCUT2D eigenvalue weighted by Gasteiger charge is 2.19. The summed E-state index contributed by atoms with van der Waals surface area (Å²) in [6.45, 7) is 12.4. The molecule has 5 heteroatoms. The first-order valence-corrected chi connectivity index (χ1v) is 8.79. The van der Waals surface area contributed by atoms with Crippen LogP contribution in [0.2, 0.25) is 0 Å². The molecule has 0 aromatic heterocycles. The van der Waals surface area contributed by atoms with E-state index in [2.05, 4.69) is 47.2 Å². The standard InChI is InChI=1S/C19H31N3O2/c1-15-5-6-18(13-16(15)2)17(3)20-19(23)14-22-9-7-21(8-10-22)11-12-24-4/h5-6,13,17H,7-12,14H2,1-4H3,(H,20,23)/t17-/m1/s1. The van der Waals surface area contributed by atoms with Crippen molar-refractivity contribution < 1.29 is 9.53 Å². The number of hydrogen-bond acceptors (Lipinski definition) is 4. The van der Waals surface area contributed by atoms with Gasteiger partial charge >= 0.3 is 0 Å². The molecule has 24 heavy (non-hydrogen) atoms. The fourth-order valence-electron chi connectivity index (χ4n) is 3.00. The maximum atomic E-state index is 12.3. The molecule has 5 nitrogen and oxygen atoms in total. The average Bonchev–Trinajstić information content (AvgIpc) is 2.56. The molecule has 0 radical (unpaired) electrons. The molecule has 0 spiro atoms. The lowest BCUT2D eigenvalue weighted by Gasteiger charge is -2.34. The number of amides is 1. The van der Waals surface area contributed by atoms with Crippen molar-refractivity contribution in [2.45, 2.75) is 26.8 Å². The summed E-state index contributed by atoms with van der Waals surface area (Å²) >= 11 is 0. The lowest BCUT2D eigenvalue weighted by Crippen LogP contribution is -2.50. The number of methoxy groups -OCH3 is 1. The molecule has 2 rings (SSSR count). The van der Waals surface area contributed by atoms with Crippen LogP contribution < -0.4 is 5.32 Å². The molecule has 0 saturated carbocycles. The molecule has 1 aromatic carbocycles. The predicted molar refractivity (Wildman–Crippen MR) is 97.2 cm³/mol. The molecule has 1 saturated heterocycles. The van der Waals surface area contributed by atoms with Crippen molar-refractivity contribution in [1.82, 2.24) is 15.1 Å². The third kappa shape index (κ3) is 5.58. The van der Waals surface area contributed by atoms with Crippen LogP contribution in [0.1, 0.15) is 29.7 Å². The van der Waals surface area contributed by atoms with Crippen molar-refractivity contribution in [3.05, 3.63) is 34.9 Å². The van der Waals surface area contributed by atoms with Crippen LogP contribution in [0.15, 0.2) is 18.2 Å². The van der Waals surface area contributed by atoms with Crippen LogP contribution >= 0.6 is 0 Å². The molecular weight excluding hydrogens is 302 g/mol. The Morgan fingerprint density at radius 2 is 1.83 bits per heavy atom. The summed E-state index contributed by atoms with van der Waals surface area (Å²) in [5.41, 5.74) is 3.71. The average molecular weight is 333 g/mol. The van der Waals surface area contributed by atoms with Crippen LogP contribution in [0.5, 0.6) is 0 Å². The minimum atomic E-state index is 0.0415. The third-order valence-electron chi connectivity index (χ3n) is 4.85. The first-order valence-electron chi connectivity index (χ1n) is 8.79. The van der Waals surface area contributed by atoms with Gasteiger partial charge in [0.15, 0.2) is 0 Å². The van der Waals surface area contributed by atoms with Crippen LogP contribution in [0.25, 0.3) is 0 Å². The molecule has 1 N–H and O–H groups in total. The van der Waals surface area contributed by atoms with E-state index in [0.717, 1.165) is 44.9 Å². The van der Waals surface area contributed by atoms with Crippen molar-refractivity contribution in [2.75, 3.05) is 53.0 Å². The second-order valence-corrected chi connectivity index (χ2v) is 6.74.